The number of ether oxygens (including phenoxy) is 2. The van der Waals surface area contributed by atoms with Crippen LogP contribution in [0.5, 0.6) is 0 Å². The number of hydrogen-bond acceptors (Lipinski definition) is 7. The highest BCUT2D eigenvalue weighted by Crippen LogP contribution is 2.32. The third kappa shape index (κ3) is 13.9. The Bertz CT molecular complexity index is 932. The first kappa shape index (κ1) is 38.1. The predicted octanol–water partition coefficient (Wildman–Crippen LogP) is 5.76. The molecule has 2 saturated heterocycles. The van der Waals surface area contributed by atoms with Crippen LogP contribution < -0.4 is 10.6 Å². The second-order valence-electron chi connectivity index (χ2n) is 11.8. The van der Waals surface area contributed by atoms with Crippen LogP contribution >= 0.6 is 0 Å². The molecule has 0 saturated carbocycles. The molecule has 2 rings (SSSR count). The van der Waals surface area contributed by atoms with Crippen LogP contribution in [0, 0.1) is 17.8 Å². The van der Waals surface area contributed by atoms with Gasteiger partial charge < -0.3 is 20.1 Å². The number of nitrogens with one attached hydrogen (secondary N) is 2. The Labute approximate surface area is 259 Å². The van der Waals surface area contributed by atoms with Gasteiger partial charge in [-0.1, -0.05) is 97.6 Å². The molecule has 0 aromatic rings. The highest BCUT2D eigenvalue weighted by Gasteiger charge is 2.45. The fourth-order valence-electron chi connectivity index (χ4n) is 5.48. The molecule has 0 aromatic heterocycles. The average Bonchev–Trinajstić information content (AvgIpc) is 3.42. The number of Topliss-reactive ketones (excluding diaryl/α,β-unsaturated/α-hetero) is 1. The van der Waals surface area contributed by atoms with Gasteiger partial charge in [0, 0.05) is 12.1 Å². The summed E-state index contributed by atoms with van der Waals surface area (Å²) in [5.74, 6) is -2.68. The number of carbonyl (C=O) groups excluding carboxylic acids is 5. The Hall–Kier alpha value is -2.97. The van der Waals surface area contributed by atoms with Gasteiger partial charge in [0.25, 0.3) is 0 Å². The first-order chi connectivity index (χ1) is 20.6. The Balaban J connectivity index is 0.000000430. The van der Waals surface area contributed by atoms with Crippen LogP contribution in [-0.4, -0.2) is 54.8 Å². The molecule has 9 heteroatoms. The minimum Gasteiger partial charge on any atom is -0.461 e. The molecule has 0 aliphatic carbocycles. The lowest BCUT2D eigenvalue weighted by Crippen LogP contribution is -2.38. The molecule has 43 heavy (non-hydrogen) atoms. The molecule has 2 aliphatic heterocycles. The first-order valence-corrected chi connectivity index (χ1v) is 16.3. The zero-order valence-corrected chi connectivity index (χ0v) is 27.0. The molecule has 2 N–H and O–H groups in total. The molecule has 5 atom stereocenters. The number of esters is 2. The SMILES string of the molecule is C=C1C(=O)O[C@@H](CCCCCCCC)[C@@H]1C(=O)NCC(C)=O.C=CCNC(=O)[C@H]1[C@H](CCCCCCCC)OC(=O)[C@@H]1C. The van der Waals surface area contributed by atoms with Gasteiger partial charge in [-0.3, -0.25) is 19.2 Å². The molecule has 2 heterocycles. The van der Waals surface area contributed by atoms with Crippen molar-refractivity contribution in [3.63, 3.8) is 0 Å². The molecule has 0 bridgehead atoms. The first-order valence-electron chi connectivity index (χ1n) is 16.3. The lowest BCUT2D eigenvalue weighted by atomic mass is 9.88. The van der Waals surface area contributed by atoms with E-state index < -0.39 is 18.0 Å². The van der Waals surface area contributed by atoms with Crippen molar-refractivity contribution in [3.8, 4) is 0 Å². The number of carbonyl (C=O) groups is 5. The highest BCUT2D eigenvalue weighted by atomic mass is 16.6. The van der Waals surface area contributed by atoms with Crippen LogP contribution in [-0.2, 0) is 33.4 Å². The van der Waals surface area contributed by atoms with Gasteiger partial charge in [0.1, 0.15) is 23.9 Å². The summed E-state index contributed by atoms with van der Waals surface area (Å²) in [4.78, 5) is 58.6. The lowest BCUT2D eigenvalue weighted by molar-refractivity contribution is -0.144. The van der Waals surface area contributed by atoms with E-state index in [1.807, 2.05) is 0 Å². The topological polar surface area (TPSA) is 128 Å². The van der Waals surface area contributed by atoms with E-state index in [9.17, 15) is 24.0 Å². The molecule has 2 fully saturated rings. The fraction of sp³-hybridized carbons (Fsp3) is 0.735. The molecular weight excluding hydrogens is 548 g/mol. The molecule has 2 amide bonds. The number of cyclic esters (lactones) is 2. The summed E-state index contributed by atoms with van der Waals surface area (Å²) in [6.07, 6.45) is 16.4. The molecule has 0 aromatic carbocycles. The summed E-state index contributed by atoms with van der Waals surface area (Å²) in [6.45, 7) is 15.2. The summed E-state index contributed by atoms with van der Waals surface area (Å²) in [5.41, 5.74) is 0.192. The van der Waals surface area contributed by atoms with Crippen molar-refractivity contribution < 1.29 is 33.4 Å². The third-order valence-electron chi connectivity index (χ3n) is 8.05. The zero-order chi connectivity index (χ0) is 32.2. The summed E-state index contributed by atoms with van der Waals surface area (Å²) in [7, 11) is 0. The lowest BCUT2D eigenvalue weighted by Gasteiger charge is -2.18. The van der Waals surface area contributed by atoms with Crippen molar-refractivity contribution in [2.75, 3.05) is 13.1 Å². The number of unbranched alkanes of at least 4 members (excludes halogenated alkanes) is 10. The van der Waals surface area contributed by atoms with Crippen molar-refractivity contribution in [1.29, 1.82) is 0 Å². The second-order valence-corrected chi connectivity index (χ2v) is 11.8. The number of rotatable bonds is 20. The molecular formula is C34H56N2O7. The predicted molar refractivity (Wildman–Crippen MR) is 168 cm³/mol. The van der Waals surface area contributed by atoms with Gasteiger partial charge >= 0.3 is 11.9 Å². The standard InChI is InChI=1S/C17H27NO4.C17H29NO3/c1-4-5-6-7-8-9-10-14-15(13(3)17(21)22-14)16(20)18-11-12(2)19;1-4-6-7-8-9-10-11-14-15(13(3)17(20)21-14)16(19)18-12-5-2/h14-15H,3-11H2,1-2H3,(H,18,20);5,13-15H,2,4,6-12H2,1,3H3,(H,18,19)/t14-,15+;13-,14+,15-/m01/s1. The van der Waals surface area contributed by atoms with E-state index in [0.717, 1.165) is 38.5 Å². The Morgan fingerprint density at radius 2 is 1.33 bits per heavy atom. The van der Waals surface area contributed by atoms with Crippen LogP contribution in [0.25, 0.3) is 0 Å². The maximum Gasteiger partial charge on any atom is 0.334 e. The Kier molecular flexibility index (Phi) is 19.2. The number of hydrogen-bond donors (Lipinski definition) is 2. The van der Waals surface area contributed by atoms with Crippen LogP contribution in [0.4, 0.5) is 0 Å². The molecule has 0 radical (unpaired) electrons. The molecule has 244 valence electrons. The van der Waals surface area contributed by atoms with Crippen molar-refractivity contribution in [2.45, 2.75) is 130 Å². The van der Waals surface area contributed by atoms with Gasteiger partial charge in [0.05, 0.1) is 18.4 Å². The Morgan fingerprint density at radius 1 is 0.791 bits per heavy atom. The van der Waals surface area contributed by atoms with E-state index in [1.165, 1.54) is 51.9 Å². The van der Waals surface area contributed by atoms with Gasteiger partial charge in [0.15, 0.2) is 0 Å². The highest BCUT2D eigenvalue weighted by molar-refractivity contribution is 6.00. The van der Waals surface area contributed by atoms with E-state index >= 15 is 0 Å². The third-order valence-corrected chi connectivity index (χ3v) is 8.05. The molecule has 0 spiro atoms. The minimum absolute atomic E-state index is 0.0272. The van der Waals surface area contributed by atoms with Crippen LogP contribution in [0.15, 0.2) is 24.8 Å². The van der Waals surface area contributed by atoms with Crippen molar-refractivity contribution >= 4 is 29.5 Å². The van der Waals surface area contributed by atoms with Crippen molar-refractivity contribution in [1.82, 2.24) is 10.6 Å². The smallest absolute Gasteiger partial charge is 0.334 e. The van der Waals surface area contributed by atoms with Crippen LogP contribution in [0.1, 0.15) is 118 Å². The number of ketones is 1. The van der Waals surface area contributed by atoms with E-state index in [4.69, 9.17) is 9.47 Å². The van der Waals surface area contributed by atoms with Crippen molar-refractivity contribution in [3.05, 3.63) is 24.8 Å². The quantitative estimate of drug-likeness (QED) is 0.0783. The molecule has 0 unspecified atom stereocenters. The summed E-state index contributed by atoms with van der Waals surface area (Å²) in [6, 6.07) is 0. The summed E-state index contributed by atoms with van der Waals surface area (Å²) in [5, 5.41) is 5.33. The monoisotopic (exact) mass is 604 g/mol. The molecule has 2 aliphatic rings. The van der Waals surface area contributed by atoms with Crippen molar-refractivity contribution in [2.24, 2.45) is 17.8 Å². The van der Waals surface area contributed by atoms with Gasteiger partial charge in [-0.05, 0) is 32.6 Å². The normalized spacial score (nSPS) is 22.7. The van der Waals surface area contributed by atoms with E-state index in [2.05, 4.69) is 37.6 Å². The van der Waals surface area contributed by atoms with Gasteiger partial charge in [0.2, 0.25) is 11.8 Å². The maximum absolute atomic E-state index is 12.2. The zero-order valence-electron chi connectivity index (χ0n) is 27.0. The summed E-state index contributed by atoms with van der Waals surface area (Å²) >= 11 is 0. The van der Waals surface area contributed by atoms with E-state index in [-0.39, 0.29) is 53.6 Å². The second kappa shape index (κ2) is 21.7. The van der Waals surface area contributed by atoms with Crippen LogP contribution in [0.2, 0.25) is 0 Å². The fourth-order valence-corrected chi connectivity index (χ4v) is 5.48. The minimum atomic E-state index is -0.664. The molecule has 9 nitrogen and oxygen atoms in total. The summed E-state index contributed by atoms with van der Waals surface area (Å²) < 4.78 is 10.6. The van der Waals surface area contributed by atoms with Gasteiger partial charge in [-0.2, -0.15) is 0 Å². The average molecular weight is 605 g/mol. The van der Waals surface area contributed by atoms with Crippen LogP contribution in [0.3, 0.4) is 0 Å². The Morgan fingerprint density at radius 3 is 1.86 bits per heavy atom. The maximum atomic E-state index is 12.2. The number of amides is 2. The van der Waals surface area contributed by atoms with E-state index in [0.29, 0.717) is 13.0 Å². The largest absolute Gasteiger partial charge is 0.461 e. The van der Waals surface area contributed by atoms with Gasteiger partial charge in [-0.15, -0.1) is 6.58 Å². The van der Waals surface area contributed by atoms with E-state index in [1.54, 1.807) is 13.0 Å². The van der Waals surface area contributed by atoms with Gasteiger partial charge in [-0.25, -0.2) is 4.79 Å².